The van der Waals surface area contributed by atoms with Crippen LogP contribution in [0.5, 0.6) is 0 Å². The van der Waals surface area contributed by atoms with E-state index in [-0.39, 0.29) is 5.41 Å². The molecule has 0 saturated heterocycles. The molecule has 2 nitrogen and oxygen atoms in total. The highest BCUT2D eigenvalue weighted by molar-refractivity contribution is 7.20. The van der Waals surface area contributed by atoms with Crippen molar-refractivity contribution in [3.63, 3.8) is 0 Å². The first kappa shape index (κ1) is 39.1. The summed E-state index contributed by atoms with van der Waals surface area (Å²) in [6, 6.07) is 94.2. The van der Waals surface area contributed by atoms with Crippen LogP contribution in [-0.2, 0) is 5.41 Å². The molecule has 0 heterocycles. The molecule has 1 aliphatic rings. The molecule has 3 heteroatoms. The summed E-state index contributed by atoms with van der Waals surface area (Å²) in [5.41, 5.74) is 12.1. The van der Waals surface area contributed by atoms with Gasteiger partial charge in [0.1, 0.15) is 0 Å². The maximum atomic E-state index is 2.47. The largest absolute Gasteiger partial charge is 0.310 e. The first-order valence-electron chi connectivity index (χ1n) is 22.3. The third kappa shape index (κ3) is 6.56. The Hall–Kier alpha value is -7.72. The van der Waals surface area contributed by atoms with Gasteiger partial charge in [0.05, 0.1) is 5.69 Å². The number of benzene rings is 10. The Morgan fingerprint density at radius 1 is 0.312 bits per heavy atom. The van der Waals surface area contributed by atoms with Crippen LogP contribution in [-0.4, -0.2) is 8.07 Å². The molecule has 64 heavy (non-hydrogen) atoms. The van der Waals surface area contributed by atoms with Gasteiger partial charge in [0.25, 0.3) is 0 Å². The first-order chi connectivity index (χ1) is 31.5. The molecule has 0 N–H and O–H groups in total. The minimum Gasteiger partial charge on any atom is -0.310 e. The van der Waals surface area contributed by atoms with E-state index in [1.54, 1.807) is 0 Å². The SMILES string of the molecule is CC1(C)c2ccccc2-c2cc(N(c3ccccc3)c3ccc([Si](c4ccccc4)(c4ccccc4)c4cccc(N(c5ccccc5)c5cccc6ccccc56)c4)cc3)ccc21. The zero-order chi connectivity index (χ0) is 43.1. The van der Waals surface area contributed by atoms with E-state index in [1.807, 2.05) is 0 Å². The average molecular weight is 837 g/mol. The molecule has 11 rings (SSSR count). The van der Waals surface area contributed by atoms with Gasteiger partial charge in [-0.15, -0.1) is 0 Å². The van der Waals surface area contributed by atoms with Gasteiger partial charge in [-0.05, 0) is 115 Å². The highest BCUT2D eigenvalue weighted by Crippen LogP contribution is 2.50. The number of fused-ring (bicyclic) bond motifs is 4. The quantitative estimate of drug-likeness (QED) is 0.100. The van der Waals surface area contributed by atoms with E-state index in [4.69, 9.17) is 0 Å². The molecule has 10 aromatic carbocycles. The fourth-order valence-corrected chi connectivity index (χ4v) is 15.2. The third-order valence-electron chi connectivity index (χ3n) is 13.4. The van der Waals surface area contributed by atoms with Gasteiger partial charge in [0.15, 0.2) is 8.07 Å². The topological polar surface area (TPSA) is 6.48 Å². The minimum absolute atomic E-state index is 0.0587. The lowest BCUT2D eigenvalue weighted by atomic mass is 9.82. The minimum atomic E-state index is -2.96. The molecular weight excluding hydrogens is 789 g/mol. The number of rotatable bonds is 10. The summed E-state index contributed by atoms with van der Waals surface area (Å²) >= 11 is 0. The van der Waals surface area contributed by atoms with Crippen LogP contribution in [0.15, 0.2) is 255 Å². The maximum absolute atomic E-state index is 2.96. The lowest BCUT2D eigenvalue weighted by Crippen LogP contribution is -2.74. The number of nitrogens with zero attached hydrogens (tertiary/aromatic N) is 2. The van der Waals surface area contributed by atoms with Crippen LogP contribution in [0, 0.1) is 0 Å². The van der Waals surface area contributed by atoms with E-state index < -0.39 is 8.07 Å². The van der Waals surface area contributed by atoms with Crippen LogP contribution in [0.2, 0.25) is 0 Å². The van der Waals surface area contributed by atoms with E-state index in [2.05, 4.69) is 278 Å². The van der Waals surface area contributed by atoms with Gasteiger partial charge in [-0.1, -0.05) is 202 Å². The zero-order valence-electron chi connectivity index (χ0n) is 36.1. The van der Waals surface area contributed by atoms with E-state index in [0.29, 0.717) is 0 Å². The third-order valence-corrected chi connectivity index (χ3v) is 18.1. The Morgan fingerprint density at radius 3 is 1.45 bits per heavy atom. The van der Waals surface area contributed by atoms with Crippen molar-refractivity contribution >= 4 is 73.7 Å². The van der Waals surface area contributed by atoms with Gasteiger partial charge in [-0.2, -0.15) is 0 Å². The summed E-state index contributed by atoms with van der Waals surface area (Å²) in [6.45, 7) is 4.69. The van der Waals surface area contributed by atoms with Crippen molar-refractivity contribution in [1.29, 1.82) is 0 Å². The maximum Gasteiger partial charge on any atom is 0.179 e. The molecule has 0 amide bonds. The Balaban J connectivity index is 1.10. The molecule has 306 valence electrons. The predicted octanol–water partition coefficient (Wildman–Crippen LogP) is 13.5. The summed E-state index contributed by atoms with van der Waals surface area (Å²) in [5.74, 6) is 0. The molecule has 0 unspecified atom stereocenters. The number of anilines is 6. The first-order valence-corrected chi connectivity index (χ1v) is 24.3. The fraction of sp³-hybridized carbons (Fsp3) is 0.0492. The summed E-state index contributed by atoms with van der Waals surface area (Å²) in [5, 5.41) is 7.73. The smallest absolute Gasteiger partial charge is 0.179 e. The van der Waals surface area contributed by atoms with Crippen LogP contribution in [0.3, 0.4) is 0 Å². The van der Waals surface area contributed by atoms with Crippen molar-refractivity contribution in [2.24, 2.45) is 0 Å². The molecule has 0 aromatic heterocycles. The van der Waals surface area contributed by atoms with Crippen LogP contribution in [0.1, 0.15) is 25.0 Å². The fourth-order valence-electron chi connectivity index (χ4n) is 10.4. The van der Waals surface area contributed by atoms with E-state index >= 15 is 0 Å². The van der Waals surface area contributed by atoms with Crippen molar-refractivity contribution in [3.05, 3.63) is 266 Å². The van der Waals surface area contributed by atoms with E-state index in [0.717, 1.165) is 34.1 Å². The molecular formula is C61H48N2Si. The Kier molecular flexibility index (Phi) is 9.91. The summed E-state index contributed by atoms with van der Waals surface area (Å²) in [7, 11) is -2.96. The van der Waals surface area contributed by atoms with Crippen molar-refractivity contribution in [2.75, 3.05) is 9.80 Å². The monoisotopic (exact) mass is 836 g/mol. The normalized spacial score (nSPS) is 12.7. The second-order valence-corrected chi connectivity index (χ2v) is 21.1. The zero-order valence-corrected chi connectivity index (χ0v) is 37.1. The van der Waals surface area contributed by atoms with Crippen LogP contribution >= 0.6 is 0 Å². The molecule has 0 atom stereocenters. The molecule has 10 aromatic rings. The van der Waals surface area contributed by atoms with Crippen LogP contribution < -0.4 is 30.5 Å². The van der Waals surface area contributed by atoms with Crippen molar-refractivity contribution in [3.8, 4) is 11.1 Å². The standard InChI is InChI=1S/C61H48N2Si/c1-61(2)58-35-18-17-34-56(58)57-44-50(39-42-59(57)61)62(46-23-7-3-8-24-46)48-37-40-53(41-38-48)64(51-28-11-5-12-29-51,52-30-13-6-14-31-52)54-32-20-27-49(43-54)63(47-25-9-4-10-26-47)60-36-19-22-45-21-15-16-33-55(45)60/h3-44H,1-2H3. The van der Waals surface area contributed by atoms with Crippen molar-refractivity contribution < 1.29 is 0 Å². The molecule has 0 bridgehead atoms. The van der Waals surface area contributed by atoms with Crippen molar-refractivity contribution in [2.45, 2.75) is 19.3 Å². The Morgan fingerprint density at radius 2 is 0.766 bits per heavy atom. The van der Waals surface area contributed by atoms with Crippen molar-refractivity contribution in [1.82, 2.24) is 0 Å². The van der Waals surface area contributed by atoms with Gasteiger partial charge in [-0.3, -0.25) is 0 Å². The lowest BCUT2D eigenvalue weighted by Gasteiger charge is -2.36. The molecule has 0 aliphatic heterocycles. The van der Waals surface area contributed by atoms with E-state index in [1.165, 1.54) is 53.8 Å². The Bertz CT molecular complexity index is 3190. The van der Waals surface area contributed by atoms with Gasteiger partial charge < -0.3 is 9.80 Å². The average Bonchev–Trinajstić information content (AvgIpc) is 3.59. The summed E-state index contributed by atoms with van der Waals surface area (Å²) < 4.78 is 0. The summed E-state index contributed by atoms with van der Waals surface area (Å²) in [4.78, 5) is 4.84. The van der Waals surface area contributed by atoms with E-state index in [9.17, 15) is 0 Å². The van der Waals surface area contributed by atoms with Gasteiger partial charge in [0.2, 0.25) is 0 Å². The van der Waals surface area contributed by atoms with Crippen LogP contribution in [0.4, 0.5) is 34.1 Å². The van der Waals surface area contributed by atoms with Crippen LogP contribution in [0.25, 0.3) is 21.9 Å². The highest BCUT2D eigenvalue weighted by Gasteiger charge is 2.42. The predicted molar refractivity (Wildman–Crippen MR) is 274 cm³/mol. The number of hydrogen-bond donors (Lipinski definition) is 0. The molecule has 0 spiro atoms. The molecule has 0 fully saturated rings. The molecule has 0 saturated carbocycles. The van der Waals surface area contributed by atoms with Gasteiger partial charge >= 0.3 is 0 Å². The van der Waals surface area contributed by atoms with Gasteiger partial charge in [0, 0.05) is 39.2 Å². The highest BCUT2D eigenvalue weighted by atomic mass is 28.3. The lowest BCUT2D eigenvalue weighted by molar-refractivity contribution is 0.660. The second-order valence-electron chi connectivity index (χ2n) is 17.3. The van der Waals surface area contributed by atoms with Gasteiger partial charge in [-0.25, -0.2) is 0 Å². The summed E-state index contributed by atoms with van der Waals surface area (Å²) in [6.07, 6.45) is 0. The Labute approximate surface area is 378 Å². The molecule has 0 radical (unpaired) electrons. The number of para-hydroxylation sites is 2. The second kappa shape index (κ2) is 16.2. The number of hydrogen-bond acceptors (Lipinski definition) is 2. The molecule has 1 aliphatic carbocycles.